The van der Waals surface area contributed by atoms with Gasteiger partial charge in [-0.25, -0.2) is 0 Å². The summed E-state index contributed by atoms with van der Waals surface area (Å²) in [6, 6.07) is 1.75. The number of carbonyl (C=O) groups is 3. The summed E-state index contributed by atoms with van der Waals surface area (Å²) in [7, 11) is 1.67. The van der Waals surface area contributed by atoms with Gasteiger partial charge in [-0.2, -0.15) is 5.10 Å². The van der Waals surface area contributed by atoms with E-state index in [0.717, 1.165) is 64.5 Å². The van der Waals surface area contributed by atoms with Gasteiger partial charge >= 0.3 is 0 Å². The minimum absolute atomic E-state index is 0.121. The number of carbonyl (C=O) groups excluding carboxylic acids is 3. The van der Waals surface area contributed by atoms with E-state index in [4.69, 9.17) is 0 Å². The smallest absolute Gasteiger partial charge is 0.274 e. The second kappa shape index (κ2) is 9.01. The molecule has 0 radical (unpaired) electrons. The molecule has 0 spiro atoms. The van der Waals surface area contributed by atoms with Gasteiger partial charge in [0.15, 0.2) is 5.69 Å². The van der Waals surface area contributed by atoms with Crippen LogP contribution in [0.15, 0.2) is 6.07 Å². The summed E-state index contributed by atoms with van der Waals surface area (Å²) in [4.78, 5) is 42.7. The van der Waals surface area contributed by atoms with Crippen LogP contribution in [0.3, 0.4) is 0 Å². The monoisotopic (exact) mass is 429 g/mol. The maximum absolute atomic E-state index is 13.3. The zero-order valence-electron chi connectivity index (χ0n) is 18.9. The molecule has 0 bridgehead atoms. The average Bonchev–Trinajstić information content (AvgIpc) is 2.95. The van der Waals surface area contributed by atoms with Gasteiger partial charge in [-0.15, -0.1) is 0 Å². The van der Waals surface area contributed by atoms with Crippen molar-refractivity contribution in [2.75, 3.05) is 20.1 Å². The number of aromatic nitrogens is 2. The Labute approximate surface area is 184 Å². The molecule has 0 aromatic carbocycles. The van der Waals surface area contributed by atoms with Crippen LogP contribution in [0, 0.1) is 0 Å². The highest BCUT2D eigenvalue weighted by Crippen LogP contribution is 2.27. The van der Waals surface area contributed by atoms with Gasteiger partial charge in [-0.3, -0.25) is 19.1 Å². The Morgan fingerprint density at radius 2 is 1.65 bits per heavy atom. The molecular formula is C23H35N5O3. The third-order valence-corrected chi connectivity index (χ3v) is 7.29. The molecule has 170 valence electrons. The number of hydrogen-bond donors (Lipinski definition) is 1. The average molecular weight is 430 g/mol. The fraction of sp³-hybridized carbons (Fsp3) is 0.739. The number of likely N-dealkylation sites (N-methyl/N-ethyl adjacent to an activating group) is 1. The van der Waals surface area contributed by atoms with Crippen LogP contribution in [0.1, 0.15) is 92.1 Å². The Morgan fingerprint density at radius 1 is 1.03 bits per heavy atom. The maximum Gasteiger partial charge on any atom is 0.274 e. The number of hydrogen-bond acceptors (Lipinski definition) is 4. The Morgan fingerprint density at radius 3 is 2.29 bits per heavy atom. The zero-order valence-corrected chi connectivity index (χ0v) is 18.9. The van der Waals surface area contributed by atoms with Gasteiger partial charge in [0.25, 0.3) is 11.8 Å². The summed E-state index contributed by atoms with van der Waals surface area (Å²) in [5, 5.41) is 7.67. The molecule has 1 N–H and O–H groups in total. The highest BCUT2D eigenvalue weighted by atomic mass is 16.2. The summed E-state index contributed by atoms with van der Waals surface area (Å²) in [6.45, 7) is 3.50. The van der Waals surface area contributed by atoms with Crippen molar-refractivity contribution in [1.29, 1.82) is 0 Å². The molecule has 2 aliphatic heterocycles. The Kier molecular flexibility index (Phi) is 6.34. The van der Waals surface area contributed by atoms with Crippen LogP contribution >= 0.6 is 0 Å². The number of amides is 3. The Balaban J connectivity index is 1.52. The van der Waals surface area contributed by atoms with Crippen LogP contribution in [0.2, 0.25) is 0 Å². The van der Waals surface area contributed by atoms with Gasteiger partial charge in [0.1, 0.15) is 11.2 Å². The molecule has 8 nitrogen and oxygen atoms in total. The summed E-state index contributed by atoms with van der Waals surface area (Å²) in [5.41, 5.74) is -0.363. The van der Waals surface area contributed by atoms with Crippen molar-refractivity contribution < 1.29 is 14.4 Å². The van der Waals surface area contributed by atoms with Gasteiger partial charge < -0.3 is 15.1 Å². The minimum atomic E-state index is -1.04. The summed E-state index contributed by atoms with van der Waals surface area (Å²) in [5.74, 6) is -0.534. The van der Waals surface area contributed by atoms with Gasteiger partial charge in [-0.1, -0.05) is 38.5 Å². The van der Waals surface area contributed by atoms with E-state index in [1.54, 1.807) is 24.7 Å². The third kappa shape index (κ3) is 4.34. The van der Waals surface area contributed by atoms with Crippen molar-refractivity contribution >= 4 is 17.7 Å². The number of rotatable bonds is 3. The molecule has 4 rings (SSSR count). The fourth-order valence-electron chi connectivity index (χ4n) is 5.03. The molecular weight excluding hydrogens is 394 g/mol. The number of likely N-dealkylation sites (tertiary alicyclic amines) is 1. The van der Waals surface area contributed by atoms with Crippen molar-refractivity contribution in [2.24, 2.45) is 0 Å². The first-order valence-electron chi connectivity index (χ1n) is 11.9. The normalized spacial score (nSPS) is 25.5. The first-order valence-corrected chi connectivity index (χ1v) is 11.9. The minimum Gasteiger partial charge on any atom is -0.351 e. The molecule has 1 aromatic heterocycles. The second-order valence-electron chi connectivity index (χ2n) is 9.58. The van der Waals surface area contributed by atoms with Crippen LogP contribution in [-0.4, -0.2) is 69.0 Å². The van der Waals surface area contributed by atoms with E-state index >= 15 is 0 Å². The number of nitrogens with one attached hydrogen (secondary N) is 1. The third-order valence-electron chi connectivity index (χ3n) is 7.29. The predicted molar refractivity (Wildman–Crippen MR) is 117 cm³/mol. The van der Waals surface area contributed by atoms with E-state index in [2.05, 4.69) is 10.4 Å². The first-order chi connectivity index (χ1) is 14.9. The van der Waals surface area contributed by atoms with Crippen LogP contribution in [0.25, 0.3) is 0 Å². The molecule has 31 heavy (non-hydrogen) atoms. The van der Waals surface area contributed by atoms with Crippen LogP contribution in [0.5, 0.6) is 0 Å². The molecule has 3 amide bonds. The Hall–Kier alpha value is -2.38. The van der Waals surface area contributed by atoms with Crippen molar-refractivity contribution in [3.8, 4) is 0 Å². The van der Waals surface area contributed by atoms with Gasteiger partial charge in [-0.05, 0) is 32.6 Å². The largest absolute Gasteiger partial charge is 0.351 e. The van der Waals surface area contributed by atoms with Crippen molar-refractivity contribution in [1.82, 2.24) is 24.9 Å². The molecule has 1 atom stereocenters. The van der Waals surface area contributed by atoms with Crippen molar-refractivity contribution in [2.45, 2.75) is 89.3 Å². The lowest BCUT2D eigenvalue weighted by Crippen LogP contribution is -2.63. The van der Waals surface area contributed by atoms with Crippen LogP contribution < -0.4 is 5.32 Å². The molecule has 2 fully saturated rings. The molecule has 1 aliphatic carbocycles. The van der Waals surface area contributed by atoms with E-state index in [9.17, 15) is 14.4 Å². The lowest BCUT2D eigenvalue weighted by atomic mass is 9.95. The fourth-order valence-corrected chi connectivity index (χ4v) is 5.03. The van der Waals surface area contributed by atoms with Crippen molar-refractivity contribution in [3.63, 3.8) is 0 Å². The molecule has 1 unspecified atom stereocenters. The molecule has 8 heteroatoms. The number of nitrogens with zero attached hydrogens (tertiary/aromatic N) is 4. The van der Waals surface area contributed by atoms with E-state index < -0.39 is 5.54 Å². The van der Waals surface area contributed by atoms with Crippen LogP contribution in [0.4, 0.5) is 0 Å². The molecule has 1 aromatic rings. The topological polar surface area (TPSA) is 87.5 Å². The molecule has 3 aliphatic rings. The lowest BCUT2D eigenvalue weighted by Gasteiger charge is -2.41. The molecule has 1 saturated carbocycles. The highest BCUT2D eigenvalue weighted by Gasteiger charge is 2.47. The van der Waals surface area contributed by atoms with E-state index in [0.29, 0.717) is 11.4 Å². The standard InChI is InChI=1S/C23H35N5O3/c1-23(22(31)24-17-11-7-3-4-8-12-17)16-28-19(21(30)26(23)2)15-18(25-28)20(29)27-13-9-5-6-10-14-27/h15,17H,3-14,16H2,1-2H3,(H,24,31). The van der Waals surface area contributed by atoms with Crippen LogP contribution in [-0.2, 0) is 11.3 Å². The van der Waals surface area contributed by atoms with E-state index in [1.807, 2.05) is 4.90 Å². The highest BCUT2D eigenvalue weighted by molar-refractivity contribution is 6.01. The SMILES string of the molecule is CN1C(=O)c2cc(C(=O)N3CCCCCC3)nn2CC1(C)C(=O)NC1CCCCCC1. The first kappa shape index (κ1) is 21.8. The quantitative estimate of drug-likeness (QED) is 0.748. The van der Waals surface area contributed by atoms with E-state index in [1.165, 1.54) is 17.7 Å². The Bertz CT molecular complexity index is 834. The van der Waals surface area contributed by atoms with E-state index in [-0.39, 0.29) is 30.3 Å². The molecule has 1 saturated heterocycles. The van der Waals surface area contributed by atoms with Gasteiger partial charge in [0, 0.05) is 32.2 Å². The number of fused-ring (bicyclic) bond motifs is 1. The maximum atomic E-state index is 13.3. The summed E-state index contributed by atoms with van der Waals surface area (Å²) >= 11 is 0. The lowest BCUT2D eigenvalue weighted by molar-refractivity contribution is -0.133. The van der Waals surface area contributed by atoms with Gasteiger partial charge in [0.05, 0.1) is 6.54 Å². The summed E-state index contributed by atoms with van der Waals surface area (Å²) < 4.78 is 1.56. The zero-order chi connectivity index (χ0) is 22.0. The van der Waals surface area contributed by atoms with Crippen molar-refractivity contribution in [3.05, 3.63) is 17.5 Å². The van der Waals surface area contributed by atoms with Gasteiger partial charge in [0.2, 0.25) is 5.91 Å². The molecule has 3 heterocycles. The predicted octanol–water partition coefficient (Wildman–Crippen LogP) is 2.58. The second-order valence-corrected chi connectivity index (χ2v) is 9.58. The summed E-state index contributed by atoms with van der Waals surface area (Å²) in [6.07, 6.45) is 10.9.